The third-order valence-corrected chi connectivity index (χ3v) is 15.8. The van der Waals surface area contributed by atoms with Gasteiger partial charge in [-0.1, -0.05) is 320 Å². The predicted octanol–water partition coefficient (Wildman–Crippen LogP) is 20.3. The molecule has 0 saturated heterocycles. The molecule has 5 N–H and O–H groups in total. The minimum absolute atomic E-state index is 0.362. The van der Waals surface area contributed by atoms with E-state index in [1.165, 1.54) is 289 Å². The van der Waals surface area contributed by atoms with Crippen LogP contribution in [0.2, 0.25) is 0 Å². The summed E-state index contributed by atoms with van der Waals surface area (Å²) in [5, 5.41) is 44.1. The first-order valence-corrected chi connectivity index (χ1v) is 33.4. The molecule has 4 unspecified atom stereocenters. The molecule has 0 aromatic heterocycles. The van der Waals surface area contributed by atoms with Gasteiger partial charge in [-0.3, -0.25) is 4.79 Å². The molecule has 0 fully saturated rings. The molecule has 438 valence electrons. The number of carbonyl (C=O) groups excluding carboxylic acids is 1. The van der Waals surface area contributed by atoms with Crippen LogP contribution in [-0.4, -0.2) is 57.3 Å². The molecule has 6 heteroatoms. The van der Waals surface area contributed by atoms with Gasteiger partial charge in [-0.2, -0.15) is 0 Å². The van der Waals surface area contributed by atoms with Gasteiger partial charge in [-0.15, -0.1) is 0 Å². The van der Waals surface area contributed by atoms with Crippen molar-refractivity contribution < 1.29 is 25.2 Å². The van der Waals surface area contributed by atoms with Gasteiger partial charge in [0.1, 0.15) is 12.2 Å². The number of hydrogen-bond acceptors (Lipinski definition) is 5. The summed E-state index contributed by atoms with van der Waals surface area (Å²) in [6.45, 7) is 4.08. The summed E-state index contributed by atoms with van der Waals surface area (Å²) >= 11 is 0. The minimum atomic E-state index is -1.29. The van der Waals surface area contributed by atoms with Crippen LogP contribution in [-0.2, 0) is 4.79 Å². The van der Waals surface area contributed by atoms with Crippen LogP contribution < -0.4 is 5.32 Å². The SMILES string of the molecule is CCCCCCCCCCCCC/C=C/CC/C=C/CCCC(O)C(O)C(CO)NC(=O)C(O)CCCCCCCCCCCCCCCCCC/C=C\CCCCCCCCCCCCCCCCCCCC. The average molecular weight is 1040 g/mol. The smallest absolute Gasteiger partial charge is 0.249 e. The third kappa shape index (κ3) is 55.3. The fourth-order valence-electron chi connectivity index (χ4n) is 10.6. The van der Waals surface area contributed by atoms with Gasteiger partial charge in [0, 0.05) is 0 Å². The van der Waals surface area contributed by atoms with Gasteiger partial charge in [0.2, 0.25) is 5.91 Å². The maximum Gasteiger partial charge on any atom is 0.249 e. The standard InChI is InChI=1S/C68H131NO5/c1-3-5-7-9-11-13-15-17-19-21-23-25-26-27-28-29-30-31-32-33-34-35-36-37-38-39-40-41-42-44-46-48-50-52-54-56-58-60-62-66(72)68(74)69-64(63-70)67(73)65(71)61-59-57-55-53-51-49-47-45-43-24-22-20-18-16-14-12-10-8-6-4-2/h33-34,45,47,53,55,64-67,70-73H,3-32,35-44,46,48-52,54,56-63H2,1-2H3,(H,69,74)/b34-33-,47-45+,55-53+. The lowest BCUT2D eigenvalue weighted by molar-refractivity contribution is -0.132. The van der Waals surface area contributed by atoms with Crippen LogP contribution in [0.1, 0.15) is 361 Å². The lowest BCUT2D eigenvalue weighted by atomic mass is 10.00. The van der Waals surface area contributed by atoms with E-state index in [9.17, 15) is 25.2 Å². The highest BCUT2D eigenvalue weighted by molar-refractivity contribution is 5.80. The molecule has 0 heterocycles. The molecular weight excluding hydrogens is 911 g/mol. The topological polar surface area (TPSA) is 110 Å². The largest absolute Gasteiger partial charge is 0.394 e. The highest BCUT2D eigenvalue weighted by atomic mass is 16.3. The van der Waals surface area contributed by atoms with E-state index in [4.69, 9.17) is 0 Å². The molecule has 0 aromatic carbocycles. The van der Waals surface area contributed by atoms with Crippen LogP contribution in [0.15, 0.2) is 36.5 Å². The first-order valence-electron chi connectivity index (χ1n) is 33.4. The summed E-state index contributed by atoms with van der Waals surface area (Å²) in [6, 6.07) is -1.01. The Hall–Kier alpha value is -1.47. The molecule has 0 aromatic rings. The first-order chi connectivity index (χ1) is 36.5. The highest BCUT2D eigenvalue weighted by Gasteiger charge is 2.28. The number of nitrogens with one attached hydrogen (secondary N) is 1. The van der Waals surface area contributed by atoms with E-state index < -0.39 is 36.9 Å². The molecule has 6 nitrogen and oxygen atoms in total. The zero-order valence-corrected chi connectivity index (χ0v) is 49.9. The molecule has 0 aliphatic rings. The van der Waals surface area contributed by atoms with Crippen LogP contribution in [0.25, 0.3) is 0 Å². The fraction of sp³-hybridized carbons (Fsp3) is 0.897. The Morgan fingerprint density at radius 2 is 0.568 bits per heavy atom. The van der Waals surface area contributed by atoms with Crippen molar-refractivity contribution in [2.24, 2.45) is 0 Å². The van der Waals surface area contributed by atoms with E-state index in [2.05, 4.69) is 55.6 Å². The summed E-state index contributed by atoms with van der Waals surface area (Å²) in [5.74, 6) is -0.592. The predicted molar refractivity (Wildman–Crippen MR) is 325 cm³/mol. The number of amides is 1. The van der Waals surface area contributed by atoms with Crippen LogP contribution in [0.4, 0.5) is 0 Å². The maximum atomic E-state index is 12.6. The van der Waals surface area contributed by atoms with Gasteiger partial charge >= 0.3 is 0 Å². The van der Waals surface area contributed by atoms with Crippen molar-refractivity contribution in [2.45, 2.75) is 385 Å². The Bertz CT molecular complexity index is 1170. The van der Waals surface area contributed by atoms with Crippen LogP contribution in [0, 0.1) is 0 Å². The van der Waals surface area contributed by atoms with Gasteiger partial charge in [-0.05, 0) is 77.0 Å². The first kappa shape index (κ1) is 72.5. The minimum Gasteiger partial charge on any atom is -0.394 e. The fourth-order valence-corrected chi connectivity index (χ4v) is 10.6. The van der Waals surface area contributed by atoms with Crippen LogP contribution in [0.5, 0.6) is 0 Å². The number of hydrogen-bond donors (Lipinski definition) is 5. The molecule has 0 radical (unpaired) electrons. The van der Waals surface area contributed by atoms with Crippen molar-refractivity contribution in [3.63, 3.8) is 0 Å². The highest BCUT2D eigenvalue weighted by Crippen LogP contribution is 2.19. The summed E-state index contributed by atoms with van der Waals surface area (Å²) < 4.78 is 0. The Balaban J connectivity index is 3.55. The molecule has 0 saturated carbocycles. The average Bonchev–Trinajstić information content (AvgIpc) is 3.41. The summed E-state index contributed by atoms with van der Waals surface area (Å²) in [5.41, 5.74) is 0. The molecule has 0 bridgehead atoms. The second-order valence-electron chi connectivity index (χ2n) is 23.2. The van der Waals surface area contributed by atoms with E-state index in [0.29, 0.717) is 19.3 Å². The Morgan fingerprint density at radius 3 is 0.851 bits per heavy atom. The quantitative estimate of drug-likeness (QED) is 0.0308. The van der Waals surface area contributed by atoms with Crippen molar-refractivity contribution in [3.05, 3.63) is 36.5 Å². The Labute approximate surface area is 462 Å². The number of carbonyl (C=O) groups is 1. The number of rotatable bonds is 62. The Morgan fingerprint density at radius 1 is 0.324 bits per heavy atom. The summed E-state index contributed by atoms with van der Waals surface area (Å²) in [6.07, 6.45) is 79.8. The van der Waals surface area contributed by atoms with Gasteiger partial charge in [0.05, 0.1) is 18.8 Å². The normalized spacial score (nSPS) is 13.8. The van der Waals surface area contributed by atoms with Crippen molar-refractivity contribution >= 4 is 5.91 Å². The lowest BCUT2D eigenvalue weighted by Gasteiger charge is -2.27. The molecule has 74 heavy (non-hydrogen) atoms. The molecule has 1 amide bonds. The lowest BCUT2D eigenvalue weighted by Crippen LogP contribution is -2.53. The van der Waals surface area contributed by atoms with Gasteiger partial charge < -0.3 is 25.7 Å². The zero-order chi connectivity index (χ0) is 53.7. The molecule has 0 aliphatic heterocycles. The molecule has 0 aliphatic carbocycles. The van der Waals surface area contributed by atoms with Crippen LogP contribution >= 0.6 is 0 Å². The van der Waals surface area contributed by atoms with Crippen molar-refractivity contribution in [1.82, 2.24) is 5.32 Å². The number of aliphatic hydroxyl groups excluding tert-OH is 4. The number of aliphatic hydroxyl groups is 4. The molecular formula is C68H131NO5. The van der Waals surface area contributed by atoms with Gasteiger partial charge in [0.15, 0.2) is 0 Å². The van der Waals surface area contributed by atoms with Gasteiger partial charge in [-0.25, -0.2) is 0 Å². The van der Waals surface area contributed by atoms with E-state index in [1.54, 1.807) is 0 Å². The van der Waals surface area contributed by atoms with E-state index in [0.717, 1.165) is 38.5 Å². The Kier molecular flexibility index (Phi) is 61.1. The summed E-state index contributed by atoms with van der Waals surface area (Å²) in [7, 11) is 0. The van der Waals surface area contributed by atoms with Crippen molar-refractivity contribution in [1.29, 1.82) is 0 Å². The molecule has 0 rings (SSSR count). The van der Waals surface area contributed by atoms with Crippen molar-refractivity contribution in [3.8, 4) is 0 Å². The van der Waals surface area contributed by atoms with Crippen LogP contribution in [0.3, 0.4) is 0 Å². The van der Waals surface area contributed by atoms with E-state index in [1.807, 2.05) is 0 Å². The molecule has 0 spiro atoms. The molecule has 4 atom stereocenters. The second-order valence-corrected chi connectivity index (χ2v) is 23.2. The second kappa shape index (κ2) is 62.4. The zero-order valence-electron chi connectivity index (χ0n) is 49.9. The van der Waals surface area contributed by atoms with Crippen molar-refractivity contribution in [2.75, 3.05) is 6.61 Å². The van der Waals surface area contributed by atoms with Gasteiger partial charge in [0.25, 0.3) is 0 Å². The van der Waals surface area contributed by atoms with E-state index in [-0.39, 0.29) is 0 Å². The maximum absolute atomic E-state index is 12.6. The summed E-state index contributed by atoms with van der Waals surface area (Å²) in [4.78, 5) is 12.6. The third-order valence-electron chi connectivity index (χ3n) is 15.8. The number of unbranched alkanes of at least 4 members (excludes halogenated alkanes) is 47. The monoisotopic (exact) mass is 1040 g/mol. The van der Waals surface area contributed by atoms with E-state index >= 15 is 0 Å². The number of allylic oxidation sites excluding steroid dienone is 6.